The summed E-state index contributed by atoms with van der Waals surface area (Å²) in [5.41, 5.74) is 0.438. The van der Waals surface area contributed by atoms with Crippen LogP contribution >= 0.6 is 0 Å². The van der Waals surface area contributed by atoms with Crippen LogP contribution in [0.5, 0.6) is 0 Å². The number of carbonyl (C=O) groups is 2. The van der Waals surface area contributed by atoms with Crippen molar-refractivity contribution < 1.29 is 19.6 Å². The van der Waals surface area contributed by atoms with Crippen LogP contribution in [-0.4, -0.2) is 35.5 Å². The number of nitro benzene ring substituents is 1. The van der Waals surface area contributed by atoms with Gasteiger partial charge in [0.1, 0.15) is 5.69 Å². The van der Waals surface area contributed by atoms with Gasteiger partial charge in [0.2, 0.25) is 0 Å². The number of amides is 1. The van der Waals surface area contributed by atoms with Crippen molar-refractivity contribution >= 4 is 23.3 Å². The zero-order chi connectivity index (χ0) is 15.8. The molecule has 0 saturated carbocycles. The van der Waals surface area contributed by atoms with Gasteiger partial charge in [-0.15, -0.1) is 0 Å². The van der Waals surface area contributed by atoms with Crippen LogP contribution in [0.4, 0.5) is 11.4 Å². The van der Waals surface area contributed by atoms with E-state index in [9.17, 15) is 19.7 Å². The molecular formula is C13H17N3O5. The molecule has 0 aliphatic carbocycles. The number of benzene rings is 1. The highest BCUT2D eigenvalue weighted by molar-refractivity contribution is 5.95. The minimum absolute atomic E-state index is 0.0576. The van der Waals surface area contributed by atoms with Crippen LogP contribution in [0.25, 0.3) is 0 Å². The largest absolute Gasteiger partial charge is 0.481 e. The third kappa shape index (κ3) is 5.09. The van der Waals surface area contributed by atoms with E-state index in [1.54, 1.807) is 0 Å². The Morgan fingerprint density at radius 3 is 2.62 bits per heavy atom. The fourth-order valence-electron chi connectivity index (χ4n) is 1.75. The number of nitro groups is 1. The number of carbonyl (C=O) groups excluding carboxylic acids is 1. The second-order valence-electron chi connectivity index (χ2n) is 4.35. The molecule has 0 fully saturated rings. The Morgan fingerprint density at radius 1 is 1.33 bits per heavy atom. The van der Waals surface area contributed by atoms with Crippen molar-refractivity contribution in [2.24, 2.45) is 0 Å². The van der Waals surface area contributed by atoms with Crippen LogP contribution in [0.15, 0.2) is 18.2 Å². The minimum atomic E-state index is -0.873. The van der Waals surface area contributed by atoms with Crippen molar-refractivity contribution in [3.8, 4) is 0 Å². The lowest BCUT2D eigenvalue weighted by molar-refractivity contribution is -0.384. The molecule has 8 nitrogen and oxygen atoms in total. The molecule has 0 bridgehead atoms. The van der Waals surface area contributed by atoms with E-state index >= 15 is 0 Å². The molecule has 1 aromatic rings. The SMILES string of the molecule is CNC(=O)c1ccc([N+](=O)[O-])c(NCCCCC(=O)O)c1. The van der Waals surface area contributed by atoms with Crippen LogP contribution in [0.2, 0.25) is 0 Å². The number of rotatable bonds is 8. The van der Waals surface area contributed by atoms with Crippen LogP contribution in [0, 0.1) is 10.1 Å². The summed E-state index contributed by atoms with van der Waals surface area (Å²) in [6, 6.07) is 4.06. The molecule has 0 saturated heterocycles. The highest BCUT2D eigenvalue weighted by Gasteiger charge is 2.16. The highest BCUT2D eigenvalue weighted by atomic mass is 16.6. The molecular weight excluding hydrogens is 278 g/mol. The Bertz CT molecular complexity index is 545. The van der Waals surface area contributed by atoms with Crippen LogP contribution < -0.4 is 10.6 Å². The summed E-state index contributed by atoms with van der Waals surface area (Å²) in [5, 5.41) is 24.8. The fraction of sp³-hybridized carbons (Fsp3) is 0.385. The third-order valence-corrected chi connectivity index (χ3v) is 2.82. The second-order valence-corrected chi connectivity index (χ2v) is 4.35. The topological polar surface area (TPSA) is 122 Å². The predicted octanol–water partition coefficient (Wildman–Crippen LogP) is 1.62. The molecule has 0 heterocycles. The zero-order valence-corrected chi connectivity index (χ0v) is 11.6. The highest BCUT2D eigenvalue weighted by Crippen LogP contribution is 2.25. The molecule has 0 unspecified atom stereocenters. The van der Waals surface area contributed by atoms with Gasteiger partial charge in [-0.1, -0.05) is 0 Å². The van der Waals surface area contributed by atoms with Crippen molar-refractivity contribution in [3.05, 3.63) is 33.9 Å². The van der Waals surface area contributed by atoms with Crippen LogP contribution in [-0.2, 0) is 4.79 Å². The first kappa shape index (κ1) is 16.4. The summed E-state index contributed by atoms with van der Waals surface area (Å²) in [7, 11) is 1.47. The molecule has 114 valence electrons. The maximum atomic E-state index is 11.5. The summed E-state index contributed by atoms with van der Waals surface area (Å²) < 4.78 is 0. The van der Waals surface area contributed by atoms with Gasteiger partial charge < -0.3 is 15.7 Å². The average Bonchev–Trinajstić information content (AvgIpc) is 2.45. The summed E-state index contributed by atoms with van der Waals surface area (Å²) in [5.74, 6) is -1.21. The van der Waals surface area contributed by atoms with Crippen molar-refractivity contribution in [2.75, 3.05) is 18.9 Å². The normalized spacial score (nSPS) is 9.95. The molecule has 21 heavy (non-hydrogen) atoms. The van der Waals surface area contributed by atoms with Crippen LogP contribution in [0.1, 0.15) is 29.6 Å². The van der Waals surface area contributed by atoms with E-state index in [1.165, 1.54) is 25.2 Å². The van der Waals surface area contributed by atoms with Crippen molar-refractivity contribution in [1.82, 2.24) is 5.32 Å². The van der Waals surface area contributed by atoms with E-state index < -0.39 is 10.9 Å². The number of unbranched alkanes of at least 4 members (excludes halogenated alkanes) is 1. The number of nitrogens with zero attached hydrogens (tertiary/aromatic N) is 1. The number of aliphatic carboxylic acids is 1. The van der Waals surface area contributed by atoms with Gasteiger partial charge in [-0.05, 0) is 25.0 Å². The van der Waals surface area contributed by atoms with Crippen molar-refractivity contribution in [3.63, 3.8) is 0 Å². The fourth-order valence-corrected chi connectivity index (χ4v) is 1.75. The molecule has 3 N–H and O–H groups in total. The number of carboxylic acids is 1. The Morgan fingerprint density at radius 2 is 2.05 bits per heavy atom. The number of hydrogen-bond donors (Lipinski definition) is 3. The Labute approximate surface area is 121 Å². The van der Waals surface area contributed by atoms with E-state index in [2.05, 4.69) is 10.6 Å². The summed E-state index contributed by atoms with van der Waals surface area (Å²) in [4.78, 5) is 32.3. The van der Waals surface area contributed by atoms with Crippen molar-refractivity contribution in [2.45, 2.75) is 19.3 Å². The van der Waals surface area contributed by atoms with Gasteiger partial charge in [0.15, 0.2) is 0 Å². The number of anilines is 1. The predicted molar refractivity (Wildman–Crippen MR) is 76.5 cm³/mol. The first-order valence-corrected chi connectivity index (χ1v) is 6.42. The Kier molecular flexibility index (Phi) is 6.12. The molecule has 0 atom stereocenters. The lowest BCUT2D eigenvalue weighted by Crippen LogP contribution is -2.18. The first-order valence-electron chi connectivity index (χ1n) is 6.42. The van der Waals surface area contributed by atoms with Gasteiger partial charge >= 0.3 is 5.97 Å². The third-order valence-electron chi connectivity index (χ3n) is 2.82. The quantitative estimate of drug-likeness (QED) is 0.380. The Balaban J connectivity index is 2.74. The molecule has 1 rings (SSSR count). The monoisotopic (exact) mass is 295 g/mol. The molecule has 1 aromatic carbocycles. The summed E-state index contributed by atoms with van der Waals surface area (Å²) in [6.07, 6.45) is 1.10. The average molecular weight is 295 g/mol. The van der Waals surface area contributed by atoms with Gasteiger partial charge in [0, 0.05) is 31.6 Å². The minimum Gasteiger partial charge on any atom is -0.481 e. The lowest BCUT2D eigenvalue weighted by Gasteiger charge is -2.08. The molecule has 0 radical (unpaired) electrons. The molecule has 0 aromatic heterocycles. The zero-order valence-electron chi connectivity index (χ0n) is 11.6. The lowest BCUT2D eigenvalue weighted by atomic mass is 10.1. The number of nitrogens with one attached hydrogen (secondary N) is 2. The van der Waals surface area contributed by atoms with E-state index in [0.29, 0.717) is 24.9 Å². The standard InChI is InChI=1S/C13H17N3O5/c1-14-13(19)9-5-6-11(16(20)21)10(8-9)15-7-3-2-4-12(17)18/h5-6,8,15H,2-4,7H2,1H3,(H,14,19)(H,17,18). The van der Waals surface area contributed by atoms with E-state index in [1.807, 2.05) is 0 Å². The second kappa shape index (κ2) is 7.83. The number of hydrogen-bond acceptors (Lipinski definition) is 5. The van der Waals surface area contributed by atoms with E-state index in [4.69, 9.17) is 5.11 Å². The van der Waals surface area contributed by atoms with Gasteiger partial charge in [-0.3, -0.25) is 19.7 Å². The van der Waals surface area contributed by atoms with Crippen molar-refractivity contribution in [1.29, 1.82) is 0 Å². The molecule has 1 amide bonds. The first-order chi connectivity index (χ1) is 9.95. The smallest absolute Gasteiger partial charge is 0.303 e. The van der Waals surface area contributed by atoms with Crippen LogP contribution in [0.3, 0.4) is 0 Å². The molecule has 0 aliphatic heterocycles. The van der Waals surface area contributed by atoms with Gasteiger partial charge in [0.05, 0.1) is 4.92 Å². The summed E-state index contributed by atoms with van der Waals surface area (Å²) >= 11 is 0. The molecule has 8 heteroatoms. The van der Waals surface area contributed by atoms with Gasteiger partial charge in [0.25, 0.3) is 11.6 Å². The van der Waals surface area contributed by atoms with E-state index in [-0.39, 0.29) is 23.7 Å². The van der Waals surface area contributed by atoms with E-state index in [0.717, 1.165) is 0 Å². The number of carboxylic acid groups (broad SMARTS) is 1. The summed E-state index contributed by atoms with van der Waals surface area (Å²) in [6.45, 7) is 0.394. The molecule has 0 spiro atoms. The Hall–Kier alpha value is -2.64. The maximum Gasteiger partial charge on any atom is 0.303 e. The maximum absolute atomic E-state index is 11.5. The molecule has 0 aliphatic rings. The van der Waals surface area contributed by atoms with Gasteiger partial charge in [-0.25, -0.2) is 0 Å². The van der Waals surface area contributed by atoms with Gasteiger partial charge in [-0.2, -0.15) is 0 Å².